The van der Waals surface area contributed by atoms with Gasteiger partial charge in [0.25, 0.3) is 5.91 Å². The Morgan fingerprint density at radius 3 is 2.76 bits per heavy atom. The molecule has 110 valence electrons. The summed E-state index contributed by atoms with van der Waals surface area (Å²) in [5.41, 5.74) is 1.14. The molecule has 0 aliphatic carbocycles. The Morgan fingerprint density at radius 2 is 2.14 bits per heavy atom. The summed E-state index contributed by atoms with van der Waals surface area (Å²) < 4.78 is 15.8. The van der Waals surface area contributed by atoms with Gasteiger partial charge < -0.3 is 19.1 Å². The maximum absolute atomic E-state index is 12.2. The highest BCUT2D eigenvalue weighted by Gasteiger charge is 2.34. The lowest BCUT2D eigenvalue weighted by molar-refractivity contribution is -0.126. The minimum atomic E-state index is -0.189. The number of rotatable bonds is 5. The molecule has 5 heteroatoms. The largest absolute Gasteiger partial charge is 0.499 e. The van der Waals surface area contributed by atoms with E-state index in [9.17, 15) is 4.79 Å². The summed E-state index contributed by atoms with van der Waals surface area (Å²) in [6.07, 6.45) is 3.78. The summed E-state index contributed by atoms with van der Waals surface area (Å²) in [7, 11) is 1.57. The Bertz CT molecular complexity index is 579. The maximum atomic E-state index is 12.2. The molecule has 1 amide bonds. The third-order valence-electron chi connectivity index (χ3n) is 3.63. The molecule has 5 nitrogen and oxygen atoms in total. The van der Waals surface area contributed by atoms with Crippen molar-refractivity contribution in [2.24, 2.45) is 0 Å². The van der Waals surface area contributed by atoms with Crippen LogP contribution in [0.4, 0.5) is 0 Å². The van der Waals surface area contributed by atoms with Gasteiger partial charge in [-0.25, -0.2) is 0 Å². The smallest absolute Gasteiger partial charge is 0.251 e. The molecule has 0 saturated heterocycles. The van der Waals surface area contributed by atoms with E-state index in [0.29, 0.717) is 24.5 Å². The Kier molecular flexibility index (Phi) is 3.81. The normalized spacial score (nSPS) is 18.7. The van der Waals surface area contributed by atoms with Gasteiger partial charge in [0.15, 0.2) is 5.76 Å². The first kappa shape index (κ1) is 13.5. The molecule has 21 heavy (non-hydrogen) atoms. The quantitative estimate of drug-likeness (QED) is 0.829. The molecule has 1 unspecified atom stereocenters. The van der Waals surface area contributed by atoms with Gasteiger partial charge in [0.2, 0.25) is 6.79 Å². The molecule has 1 aromatic carbocycles. The van der Waals surface area contributed by atoms with Gasteiger partial charge in [-0.3, -0.25) is 4.79 Å². The van der Waals surface area contributed by atoms with Gasteiger partial charge in [0.05, 0.1) is 19.7 Å². The van der Waals surface area contributed by atoms with Crippen LogP contribution in [0.2, 0.25) is 0 Å². The molecule has 0 radical (unpaired) electrons. The third kappa shape index (κ3) is 2.86. The van der Waals surface area contributed by atoms with Crippen LogP contribution >= 0.6 is 0 Å². The second kappa shape index (κ2) is 5.91. The predicted octanol–water partition coefficient (Wildman–Crippen LogP) is 1.82. The number of ether oxygens (including phenoxy) is 3. The van der Waals surface area contributed by atoms with Crippen molar-refractivity contribution in [3.63, 3.8) is 0 Å². The number of benzene rings is 1. The Labute approximate surface area is 123 Å². The zero-order valence-electron chi connectivity index (χ0n) is 11.8. The maximum Gasteiger partial charge on any atom is 0.251 e. The van der Waals surface area contributed by atoms with E-state index in [-0.39, 0.29) is 18.7 Å². The van der Waals surface area contributed by atoms with E-state index in [2.05, 4.69) is 0 Å². The van der Waals surface area contributed by atoms with Crippen LogP contribution in [0.5, 0.6) is 0 Å². The van der Waals surface area contributed by atoms with Crippen molar-refractivity contribution in [3.05, 3.63) is 59.8 Å². The molecule has 0 aromatic heterocycles. The first-order valence-corrected chi connectivity index (χ1v) is 6.81. The van der Waals surface area contributed by atoms with Gasteiger partial charge in [-0.2, -0.15) is 0 Å². The molecule has 0 N–H and O–H groups in total. The first-order valence-electron chi connectivity index (χ1n) is 6.81. The lowest BCUT2D eigenvalue weighted by Crippen LogP contribution is -2.40. The predicted molar refractivity (Wildman–Crippen MR) is 75.9 cm³/mol. The van der Waals surface area contributed by atoms with Gasteiger partial charge >= 0.3 is 0 Å². The highest BCUT2D eigenvalue weighted by molar-refractivity contribution is 5.91. The molecule has 3 rings (SSSR count). The average molecular weight is 287 g/mol. The fraction of sp³-hybridized carbons (Fsp3) is 0.312. The highest BCUT2D eigenvalue weighted by Crippen LogP contribution is 2.25. The topological polar surface area (TPSA) is 48.0 Å². The summed E-state index contributed by atoms with van der Waals surface area (Å²) in [5, 5.41) is 0. The molecule has 0 bridgehead atoms. The van der Waals surface area contributed by atoms with E-state index in [1.54, 1.807) is 18.3 Å². The van der Waals surface area contributed by atoms with Crippen LogP contribution in [-0.2, 0) is 25.4 Å². The Balaban J connectivity index is 1.82. The van der Waals surface area contributed by atoms with Crippen LogP contribution < -0.4 is 0 Å². The zero-order valence-corrected chi connectivity index (χ0v) is 11.8. The summed E-state index contributed by atoms with van der Waals surface area (Å²) in [6, 6.07) is 9.82. The van der Waals surface area contributed by atoms with Crippen LogP contribution in [0.1, 0.15) is 5.56 Å². The molecular formula is C16H17NO4. The van der Waals surface area contributed by atoms with Crippen LogP contribution in [-0.4, -0.2) is 37.3 Å². The number of amides is 1. The zero-order chi connectivity index (χ0) is 14.7. The second-order valence-corrected chi connectivity index (χ2v) is 4.94. The standard InChI is InChI=1S/C16H17NO4/c1-19-13-8-16(18)17(9-13)14(15-10-20-11-21-15)7-12-5-3-2-4-6-12/h2-6,8,10,14H,7,9,11H2,1H3. The number of nitrogens with zero attached hydrogens (tertiary/aromatic N) is 1. The van der Waals surface area contributed by atoms with Crippen molar-refractivity contribution in [2.75, 3.05) is 20.4 Å². The van der Waals surface area contributed by atoms with E-state index >= 15 is 0 Å². The van der Waals surface area contributed by atoms with E-state index in [0.717, 1.165) is 5.56 Å². The molecular weight excluding hydrogens is 270 g/mol. The van der Waals surface area contributed by atoms with Crippen LogP contribution in [0.3, 0.4) is 0 Å². The van der Waals surface area contributed by atoms with Crippen molar-refractivity contribution in [3.8, 4) is 0 Å². The van der Waals surface area contributed by atoms with Gasteiger partial charge in [0.1, 0.15) is 12.0 Å². The molecule has 2 aliphatic rings. The second-order valence-electron chi connectivity index (χ2n) is 4.94. The molecule has 2 aliphatic heterocycles. The minimum absolute atomic E-state index is 0.0656. The number of carbonyl (C=O) groups excluding carboxylic acids is 1. The molecule has 1 aromatic rings. The van der Waals surface area contributed by atoms with Gasteiger partial charge in [-0.05, 0) is 5.56 Å². The average Bonchev–Trinajstić information content (AvgIpc) is 3.15. The third-order valence-corrected chi connectivity index (χ3v) is 3.63. The van der Waals surface area contributed by atoms with Crippen LogP contribution in [0, 0.1) is 0 Å². The monoisotopic (exact) mass is 287 g/mol. The summed E-state index contributed by atoms with van der Waals surface area (Å²) >= 11 is 0. The number of hydrogen-bond donors (Lipinski definition) is 0. The highest BCUT2D eigenvalue weighted by atomic mass is 16.7. The number of hydrogen-bond acceptors (Lipinski definition) is 4. The van der Waals surface area contributed by atoms with Gasteiger partial charge in [-0.15, -0.1) is 0 Å². The SMILES string of the molecule is COC1=CC(=O)N(C(Cc2ccccc2)C2=COCO2)C1. The summed E-state index contributed by atoms with van der Waals surface area (Å²) in [6.45, 7) is 0.654. The Morgan fingerprint density at radius 1 is 1.33 bits per heavy atom. The van der Waals surface area contributed by atoms with E-state index in [1.807, 2.05) is 30.3 Å². The van der Waals surface area contributed by atoms with Crippen LogP contribution in [0.25, 0.3) is 0 Å². The van der Waals surface area contributed by atoms with E-state index in [4.69, 9.17) is 14.2 Å². The molecule has 0 saturated carbocycles. The fourth-order valence-corrected chi connectivity index (χ4v) is 2.53. The lowest BCUT2D eigenvalue weighted by atomic mass is 10.0. The summed E-state index contributed by atoms with van der Waals surface area (Å²) in [5.74, 6) is 1.28. The molecule has 2 heterocycles. The summed E-state index contributed by atoms with van der Waals surface area (Å²) in [4.78, 5) is 13.9. The van der Waals surface area contributed by atoms with Gasteiger partial charge in [-0.1, -0.05) is 30.3 Å². The van der Waals surface area contributed by atoms with E-state index < -0.39 is 0 Å². The van der Waals surface area contributed by atoms with Crippen molar-refractivity contribution < 1.29 is 19.0 Å². The van der Waals surface area contributed by atoms with E-state index in [1.165, 1.54) is 6.08 Å². The van der Waals surface area contributed by atoms with Crippen molar-refractivity contribution >= 4 is 5.91 Å². The molecule has 0 fully saturated rings. The molecule has 1 atom stereocenters. The number of methoxy groups -OCH3 is 1. The first-order chi connectivity index (χ1) is 10.3. The lowest BCUT2D eigenvalue weighted by Gasteiger charge is -2.27. The van der Waals surface area contributed by atoms with Crippen LogP contribution in [0.15, 0.2) is 54.2 Å². The Hall–Kier alpha value is -2.43. The molecule has 0 spiro atoms. The number of carbonyl (C=O) groups is 1. The fourth-order valence-electron chi connectivity index (χ4n) is 2.53. The van der Waals surface area contributed by atoms with Crippen molar-refractivity contribution in [1.82, 2.24) is 4.90 Å². The minimum Gasteiger partial charge on any atom is -0.499 e. The van der Waals surface area contributed by atoms with Crippen molar-refractivity contribution in [1.29, 1.82) is 0 Å². The van der Waals surface area contributed by atoms with Gasteiger partial charge in [0, 0.05) is 12.5 Å². The van der Waals surface area contributed by atoms with Crippen molar-refractivity contribution in [2.45, 2.75) is 12.5 Å².